The lowest BCUT2D eigenvalue weighted by Gasteiger charge is -2.13. The summed E-state index contributed by atoms with van der Waals surface area (Å²) in [7, 11) is 0. The predicted molar refractivity (Wildman–Crippen MR) is 103 cm³/mol. The third-order valence-electron chi connectivity index (χ3n) is 4.56. The van der Waals surface area contributed by atoms with Gasteiger partial charge in [-0.1, -0.05) is 12.1 Å². The van der Waals surface area contributed by atoms with E-state index in [0.717, 1.165) is 11.1 Å². The number of aromatic nitrogens is 4. The van der Waals surface area contributed by atoms with Crippen molar-refractivity contribution in [2.24, 2.45) is 0 Å². The summed E-state index contributed by atoms with van der Waals surface area (Å²) in [4.78, 5) is 16.1. The van der Waals surface area contributed by atoms with Gasteiger partial charge in [-0.25, -0.2) is 14.2 Å². The molecule has 0 radical (unpaired) electrons. The van der Waals surface area contributed by atoms with E-state index in [4.69, 9.17) is 4.42 Å². The lowest BCUT2D eigenvalue weighted by Crippen LogP contribution is -2.12. The van der Waals surface area contributed by atoms with Crippen molar-refractivity contribution in [1.82, 2.24) is 19.7 Å². The van der Waals surface area contributed by atoms with E-state index in [9.17, 15) is 9.18 Å². The largest absolute Gasteiger partial charge is 0.419 e. The molecule has 0 saturated carbocycles. The van der Waals surface area contributed by atoms with E-state index in [0.29, 0.717) is 29.3 Å². The lowest BCUT2D eigenvalue weighted by atomic mass is 10.1. The Hall–Kier alpha value is -3.55. The molecule has 28 heavy (non-hydrogen) atoms. The van der Waals surface area contributed by atoms with Gasteiger partial charge in [0.1, 0.15) is 11.5 Å². The van der Waals surface area contributed by atoms with Crippen LogP contribution in [0.2, 0.25) is 0 Å². The van der Waals surface area contributed by atoms with E-state index in [1.165, 1.54) is 12.1 Å². The van der Waals surface area contributed by atoms with Crippen molar-refractivity contribution in [1.29, 1.82) is 0 Å². The molecule has 2 aromatic heterocycles. The van der Waals surface area contributed by atoms with E-state index in [-0.39, 0.29) is 17.6 Å². The summed E-state index contributed by atoms with van der Waals surface area (Å²) in [5, 5.41) is 11.5. The Morgan fingerprint density at radius 1 is 1.18 bits per heavy atom. The SMILES string of the molecule is CCn1c(=O)oc2ccc(-c3cnc(NC(C)c4ccc(F)cc4)nn3)cc21. The molecule has 142 valence electrons. The molecular weight excluding hydrogens is 361 g/mol. The first-order valence-electron chi connectivity index (χ1n) is 8.90. The van der Waals surface area contributed by atoms with Crippen LogP contribution in [0.25, 0.3) is 22.4 Å². The molecule has 1 N–H and O–H groups in total. The molecule has 2 aromatic carbocycles. The van der Waals surface area contributed by atoms with Crippen LogP contribution in [0.5, 0.6) is 0 Å². The molecule has 0 spiro atoms. The Morgan fingerprint density at radius 2 is 1.96 bits per heavy atom. The molecule has 4 rings (SSSR count). The van der Waals surface area contributed by atoms with E-state index in [2.05, 4.69) is 20.5 Å². The molecule has 0 aliphatic heterocycles. The van der Waals surface area contributed by atoms with Gasteiger partial charge in [-0.05, 0) is 49.7 Å². The topological polar surface area (TPSA) is 85.8 Å². The first-order chi connectivity index (χ1) is 13.5. The fourth-order valence-corrected chi connectivity index (χ4v) is 3.02. The van der Waals surface area contributed by atoms with E-state index in [1.54, 1.807) is 29.0 Å². The zero-order valence-electron chi connectivity index (χ0n) is 15.4. The molecule has 0 aliphatic rings. The number of hydrogen-bond acceptors (Lipinski definition) is 6. The normalized spacial score (nSPS) is 12.2. The molecule has 7 nitrogen and oxygen atoms in total. The maximum atomic E-state index is 13.0. The predicted octanol–water partition coefficient (Wildman–Crippen LogP) is 3.78. The van der Waals surface area contributed by atoms with Gasteiger partial charge in [0.15, 0.2) is 5.58 Å². The summed E-state index contributed by atoms with van der Waals surface area (Å²) in [6, 6.07) is 11.5. The van der Waals surface area contributed by atoms with Crippen LogP contribution in [-0.4, -0.2) is 19.7 Å². The molecule has 0 bridgehead atoms. The maximum Gasteiger partial charge on any atom is 0.419 e. The molecular formula is C20H18FN5O2. The number of nitrogens with one attached hydrogen (secondary N) is 1. The zero-order valence-corrected chi connectivity index (χ0v) is 15.4. The number of rotatable bonds is 5. The Labute approximate surface area is 159 Å². The van der Waals surface area contributed by atoms with Crippen molar-refractivity contribution >= 4 is 17.0 Å². The van der Waals surface area contributed by atoms with E-state index < -0.39 is 0 Å². The molecule has 0 fully saturated rings. The van der Waals surface area contributed by atoms with Gasteiger partial charge >= 0.3 is 5.76 Å². The highest BCUT2D eigenvalue weighted by molar-refractivity contribution is 5.79. The van der Waals surface area contributed by atoms with Crippen LogP contribution in [0.3, 0.4) is 0 Å². The first-order valence-corrected chi connectivity index (χ1v) is 8.90. The van der Waals surface area contributed by atoms with Crippen LogP contribution in [0.1, 0.15) is 25.5 Å². The van der Waals surface area contributed by atoms with Crippen molar-refractivity contribution in [2.75, 3.05) is 5.32 Å². The quantitative estimate of drug-likeness (QED) is 0.568. The minimum Gasteiger partial charge on any atom is -0.408 e. The summed E-state index contributed by atoms with van der Waals surface area (Å²) in [6.45, 7) is 4.33. The van der Waals surface area contributed by atoms with Crippen molar-refractivity contribution in [3.05, 3.63) is 70.6 Å². The fraction of sp³-hybridized carbons (Fsp3) is 0.200. The number of oxazole rings is 1. The van der Waals surface area contributed by atoms with E-state index in [1.807, 2.05) is 26.0 Å². The zero-order chi connectivity index (χ0) is 19.7. The maximum absolute atomic E-state index is 13.0. The number of fused-ring (bicyclic) bond motifs is 1. The third kappa shape index (κ3) is 3.36. The molecule has 0 amide bonds. The molecule has 0 aliphatic carbocycles. The molecule has 0 saturated heterocycles. The van der Waals surface area contributed by atoms with Crippen LogP contribution in [0.15, 0.2) is 57.9 Å². The van der Waals surface area contributed by atoms with Gasteiger partial charge in [0.2, 0.25) is 5.95 Å². The molecule has 8 heteroatoms. The van der Waals surface area contributed by atoms with Crippen LogP contribution >= 0.6 is 0 Å². The number of anilines is 1. The minimum absolute atomic E-state index is 0.102. The number of aryl methyl sites for hydroxylation is 1. The Morgan fingerprint density at radius 3 is 2.64 bits per heavy atom. The lowest BCUT2D eigenvalue weighted by molar-refractivity contribution is 0.513. The average Bonchev–Trinajstić information content (AvgIpc) is 3.03. The summed E-state index contributed by atoms with van der Waals surface area (Å²) < 4.78 is 19.8. The average molecular weight is 379 g/mol. The Balaban J connectivity index is 1.57. The minimum atomic E-state index is -0.381. The van der Waals surface area contributed by atoms with Gasteiger partial charge in [-0.3, -0.25) is 4.57 Å². The summed E-state index contributed by atoms with van der Waals surface area (Å²) >= 11 is 0. The molecule has 1 atom stereocenters. The number of halogens is 1. The second kappa shape index (κ2) is 7.22. The number of hydrogen-bond donors (Lipinski definition) is 1. The van der Waals surface area contributed by atoms with Crippen LogP contribution in [-0.2, 0) is 6.54 Å². The highest BCUT2D eigenvalue weighted by Crippen LogP contribution is 2.23. The second-order valence-corrected chi connectivity index (χ2v) is 6.38. The van der Waals surface area contributed by atoms with Gasteiger partial charge in [-0.2, -0.15) is 0 Å². The summed E-state index contributed by atoms with van der Waals surface area (Å²) in [6.07, 6.45) is 1.61. The van der Waals surface area contributed by atoms with Gasteiger partial charge in [0.05, 0.1) is 17.8 Å². The standard InChI is InChI=1S/C20H18FN5O2/c1-3-26-17-10-14(6-9-18(17)28-20(26)27)16-11-22-19(25-24-16)23-12(2)13-4-7-15(21)8-5-13/h4-12H,3H2,1-2H3,(H,22,23,25). The van der Waals surface area contributed by atoms with Crippen LogP contribution in [0, 0.1) is 5.82 Å². The smallest absolute Gasteiger partial charge is 0.408 e. The van der Waals surface area contributed by atoms with Crippen LogP contribution in [0.4, 0.5) is 10.3 Å². The number of benzene rings is 2. The molecule has 2 heterocycles. The third-order valence-corrected chi connectivity index (χ3v) is 4.56. The Kier molecular flexibility index (Phi) is 4.60. The summed E-state index contributed by atoms with van der Waals surface area (Å²) in [5.74, 6) is -0.287. The van der Waals surface area contributed by atoms with E-state index >= 15 is 0 Å². The van der Waals surface area contributed by atoms with Gasteiger partial charge < -0.3 is 9.73 Å². The van der Waals surface area contributed by atoms with Crippen LogP contribution < -0.4 is 11.1 Å². The second-order valence-electron chi connectivity index (χ2n) is 6.38. The fourth-order valence-electron chi connectivity index (χ4n) is 3.02. The van der Waals surface area contributed by atoms with Gasteiger partial charge in [0.25, 0.3) is 0 Å². The first kappa shape index (κ1) is 17.8. The van der Waals surface area contributed by atoms with Crippen molar-refractivity contribution < 1.29 is 8.81 Å². The van der Waals surface area contributed by atoms with Gasteiger partial charge in [0, 0.05) is 12.1 Å². The molecule has 1 unspecified atom stereocenters. The monoisotopic (exact) mass is 379 g/mol. The number of nitrogens with zero attached hydrogens (tertiary/aromatic N) is 4. The Bertz CT molecular complexity index is 1170. The summed E-state index contributed by atoms with van der Waals surface area (Å²) in [5.41, 5.74) is 3.52. The molecule has 4 aromatic rings. The van der Waals surface area contributed by atoms with Crippen molar-refractivity contribution in [3.8, 4) is 11.3 Å². The van der Waals surface area contributed by atoms with Crippen molar-refractivity contribution in [3.63, 3.8) is 0 Å². The highest BCUT2D eigenvalue weighted by atomic mass is 19.1. The van der Waals surface area contributed by atoms with Crippen molar-refractivity contribution in [2.45, 2.75) is 26.4 Å². The van der Waals surface area contributed by atoms with Gasteiger partial charge in [-0.15, -0.1) is 10.2 Å². The highest BCUT2D eigenvalue weighted by Gasteiger charge is 2.12.